The van der Waals surface area contributed by atoms with Crippen molar-refractivity contribution in [1.82, 2.24) is 24.9 Å². The maximum Gasteiger partial charge on any atom is 0.194 e. The predicted molar refractivity (Wildman–Crippen MR) is 252 cm³/mol. The minimum atomic E-state index is 0.593. The zero-order valence-corrected chi connectivity index (χ0v) is 33.2. The van der Waals surface area contributed by atoms with Gasteiger partial charge in [-0.25, -0.2) is 19.8 Å². The Hall–Kier alpha value is -8.18. The van der Waals surface area contributed by atoms with Gasteiger partial charge in [-0.3, -0.25) is 9.97 Å². The van der Waals surface area contributed by atoms with Crippen molar-refractivity contribution in [3.05, 3.63) is 194 Å². The van der Waals surface area contributed by atoms with E-state index >= 15 is 0 Å². The van der Waals surface area contributed by atoms with Gasteiger partial charge in [-0.05, 0) is 75.1 Å². The molecule has 0 radical (unpaired) electrons. The van der Waals surface area contributed by atoms with E-state index in [1.165, 1.54) is 20.2 Å². The molecule has 0 unspecified atom stereocenters. The molecule has 0 bridgehead atoms. The summed E-state index contributed by atoms with van der Waals surface area (Å²) in [6.45, 7) is 7.81. The summed E-state index contributed by atoms with van der Waals surface area (Å²) in [6, 6.07) is 58.5. The van der Waals surface area contributed by atoms with Crippen molar-refractivity contribution in [3.8, 4) is 56.4 Å². The number of thiophene rings is 1. The van der Waals surface area contributed by atoms with Gasteiger partial charge >= 0.3 is 0 Å². The minimum absolute atomic E-state index is 0.593. The first-order chi connectivity index (χ1) is 30.2. The molecule has 0 saturated carbocycles. The van der Waals surface area contributed by atoms with Crippen molar-refractivity contribution in [3.63, 3.8) is 0 Å². The van der Waals surface area contributed by atoms with E-state index in [1.54, 1.807) is 11.3 Å². The van der Waals surface area contributed by atoms with Gasteiger partial charge in [0.25, 0.3) is 0 Å². The van der Waals surface area contributed by atoms with Gasteiger partial charge in [-0.2, -0.15) is 0 Å². The largest absolute Gasteiger partial charge is 0.256 e. The lowest BCUT2D eigenvalue weighted by Gasteiger charge is -2.16. The molecule has 0 fully saturated rings. The van der Waals surface area contributed by atoms with Crippen LogP contribution in [-0.2, 0) is 0 Å². The summed E-state index contributed by atoms with van der Waals surface area (Å²) in [7, 11) is 0. The molecule has 0 amide bonds. The average molecular weight is 795 g/mol. The van der Waals surface area contributed by atoms with Crippen LogP contribution in [0.1, 0.15) is 0 Å². The Balaban J connectivity index is 1.04. The van der Waals surface area contributed by atoms with Gasteiger partial charge in [0.1, 0.15) is 0 Å². The van der Waals surface area contributed by atoms with E-state index in [0.29, 0.717) is 23.2 Å². The highest BCUT2D eigenvalue weighted by Crippen LogP contribution is 2.44. The van der Waals surface area contributed by atoms with Crippen LogP contribution in [0.2, 0.25) is 0 Å². The molecule has 7 heteroatoms. The third-order valence-corrected chi connectivity index (χ3v) is 12.8. The van der Waals surface area contributed by atoms with E-state index in [2.05, 4.69) is 108 Å². The molecule has 0 aliphatic rings. The van der Waals surface area contributed by atoms with Gasteiger partial charge in [0, 0.05) is 71.2 Å². The summed E-state index contributed by atoms with van der Waals surface area (Å²) < 4.78 is 2.45. The van der Waals surface area contributed by atoms with Gasteiger partial charge in [-0.1, -0.05) is 127 Å². The maximum atomic E-state index is 7.81. The van der Waals surface area contributed by atoms with Crippen LogP contribution in [0.4, 0.5) is 5.69 Å². The Bertz CT molecular complexity index is 3790. The van der Waals surface area contributed by atoms with Crippen LogP contribution in [-0.4, -0.2) is 24.9 Å². The highest BCUT2D eigenvalue weighted by atomic mass is 32.1. The van der Waals surface area contributed by atoms with Gasteiger partial charge in [-0.15, -0.1) is 11.3 Å². The number of pyridine rings is 2. The quantitative estimate of drug-likeness (QED) is 0.128. The van der Waals surface area contributed by atoms with Crippen LogP contribution in [0.25, 0.3) is 125 Å². The SMILES string of the molecule is [C-]#[N+]c1ccc(-c2cc3c4cccnc4c(-c4cccc(-c5nc(-c6ccccc6)nc(-c6ccc7c(c6)sc6ccccc67)n5)c4)cc3c3cccnc23)c2ccccc12. The molecular weight excluding hydrogens is 765 g/mol. The van der Waals surface area contributed by atoms with Crippen LogP contribution in [0.5, 0.6) is 0 Å². The lowest BCUT2D eigenvalue weighted by atomic mass is 9.89. The summed E-state index contributed by atoms with van der Waals surface area (Å²) >= 11 is 1.78. The lowest BCUT2D eigenvalue weighted by Crippen LogP contribution is -2.00. The Kier molecular flexibility index (Phi) is 7.98. The van der Waals surface area contributed by atoms with Gasteiger partial charge in [0.05, 0.1) is 17.6 Å². The predicted octanol–water partition coefficient (Wildman–Crippen LogP) is 14.5. The van der Waals surface area contributed by atoms with Crippen LogP contribution < -0.4 is 0 Å². The first kappa shape index (κ1) is 34.8. The van der Waals surface area contributed by atoms with Crippen LogP contribution >= 0.6 is 11.3 Å². The topological polar surface area (TPSA) is 68.8 Å². The van der Waals surface area contributed by atoms with Crippen LogP contribution in [0, 0.1) is 6.57 Å². The van der Waals surface area contributed by atoms with Gasteiger partial charge in [0.2, 0.25) is 0 Å². The Morgan fingerprint density at radius 3 is 1.69 bits per heavy atom. The highest BCUT2D eigenvalue weighted by Gasteiger charge is 2.19. The first-order valence-electron chi connectivity index (χ1n) is 20.0. The fourth-order valence-electron chi connectivity index (χ4n) is 8.78. The molecule has 12 rings (SSSR count). The third kappa shape index (κ3) is 5.73. The summed E-state index contributed by atoms with van der Waals surface area (Å²) in [5.74, 6) is 1.83. The molecule has 61 heavy (non-hydrogen) atoms. The number of hydrogen-bond acceptors (Lipinski definition) is 6. The van der Waals surface area contributed by atoms with Crippen molar-refractivity contribution in [2.45, 2.75) is 0 Å². The molecule has 6 nitrogen and oxygen atoms in total. The van der Waals surface area contributed by atoms with E-state index in [4.69, 9.17) is 31.5 Å². The van der Waals surface area contributed by atoms with E-state index in [1.807, 2.05) is 79.1 Å². The molecular formula is C54H30N6S. The molecule has 0 spiro atoms. The summed E-state index contributed by atoms with van der Waals surface area (Å²) in [4.78, 5) is 29.1. The lowest BCUT2D eigenvalue weighted by molar-refractivity contribution is 1.07. The Labute approximate surface area is 354 Å². The van der Waals surface area contributed by atoms with Crippen molar-refractivity contribution >= 4 is 80.5 Å². The Morgan fingerprint density at radius 1 is 0.361 bits per heavy atom. The monoisotopic (exact) mass is 794 g/mol. The van der Waals surface area contributed by atoms with Crippen LogP contribution in [0.3, 0.4) is 0 Å². The maximum absolute atomic E-state index is 7.81. The molecule has 0 saturated heterocycles. The fraction of sp³-hybridized carbons (Fsp3) is 0. The third-order valence-electron chi connectivity index (χ3n) is 11.6. The highest BCUT2D eigenvalue weighted by molar-refractivity contribution is 7.25. The second-order valence-corrected chi connectivity index (χ2v) is 16.2. The second-order valence-electron chi connectivity index (χ2n) is 15.1. The molecule has 4 heterocycles. The van der Waals surface area contributed by atoms with Crippen molar-refractivity contribution in [2.75, 3.05) is 0 Å². The molecule has 0 atom stereocenters. The van der Waals surface area contributed by atoms with Gasteiger partial charge in [0.15, 0.2) is 23.2 Å². The standard InChI is InChI=1S/C54H30N6S/c1-55-47-25-24-37(36-16-5-6-17-38(36)47)46-31-45-41-19-10-26-56-50(41)43(30-44(45)42-20-11-27-57-51(42)46)33-14-9-15-34(28-33)53-58-52(32-12-3-2-4-13-32)59-54(60-53)35-22-23-40-39-18-7-8-21-48(39)61-49(40)29-35/h2-31H. The average Bonchev–Trinajstić information content (AvgIpc) is 3.71. The van der Waals surface area contributed by atoms with Crippen molar-refractivity contribution in [1.29, 1.82) is 0 Å². The molecule has 4 aromatic heterocycles. The normalized spacial score (nSPS) is 11.6. The second kappa shape index (κ2) is 14.0. The van der Waals surface area contributed by atoms with E-state index in [-0.39, 0.29) is 0 Å². The summed E-state index contributed by atoms with van der Waals surface area (Å²) in [5.41, 5.74) is 9.23. The van der Waals surface area contributed by atoms with Crippen LogP contribution in [0.15, 0.2) is 182 Å². The van der Waals surface area contributed by atoms with E-state index < -0.39 is 0 Å². The smallest absolute Gasteiger partial charge is 0.194 e. The number of aromatic nitrogens is 5. The van der Waals surface area contributed by atoms with Crippen molar-refractivity contribution < 1.29 is 0 Å². The zero-order chi connectivity index (χ0) is 40.4. The molecule has 0 N–H and O–H groups in total. The van der Waals surface area contributed by atoms with E-state index in [9.17, 15) is 0 Å². The summed E-state index contributed by atoms with van der Waals surface area (Å²) in [5, 5.41) is 8.70. The number of benzene rings is 8. The zero-order valence-electron chi connectivity index (χ0n) is 32.4. The first-order valence-corrected chi connectivity index (χ1v) is 20.8. The number of rotatable bonds is 5. The molecule has 8 aromatic carbocycles. The summed E-state index contributed by atoms with van der Waals surface area (Å²) in [6.07, 6.45) is 3.72. The molecule has 12 aromatic rings. The van der Waals surface area contributed by atoms with Crippen molar-refractivity contribution in [2.24, 2.45) is 0 Å². The molecule has 0 aliphatic carbocycles. The number of fused-ring (bicyclic) bond motifs is 9. The molecule has 0 aliphatic heterocycles. The fourth-order valence-corrected chi connectivity index (χ4v) is 9.93. The van der Waals surface area contributed by atoms with Gasteiger partial charge < -0.3 is 0 Å². The molecule has 282 valence electrons. The number of hydrogen-bond donors (Lipinski definition) is 0. The Morgan fingerprint density at radius 2 is 0.934 bits per heavy atom. The minimum Gasteiger partial charge on any atom is -0.256 e. The van der Waals surface area contributed by atoms with E-state index in [0.717, 1.165) is 82.3 Å². The number of nitrogens with zero attached hydrogens (tertiary/aromatic N) is 6.